The number of carbonyl (C=O) groups is 2. The van der Waals surface area contributed by atoms with Crippen molar-refractivity contribution in [2.45, 2.75) is 11.4 Å². The molecule has 2 aromatic rings. The molecule has 1 aromatic carbocycles. The van der Waals surface area contributed by atoms with Crippen LogP contribution in [0.5, 0.6) is 0 Å². The number of amides is 2. The fourth-order valence-electron chi connectivity index (χ4n) is 2.43. The van der Waals surface area contributed by atoms with Crippen molar-refractivity contribution in [2.24, 2.45) is 0 Å². The maximum atomic E-state index is 12.5. The van der Waals surface area contributed by atoms with Crippen molar-refractivity contribution in [2.75, 3.05) is 24.2 Å². The molecule has 0 saturated heterocycles. The molecule has 0 unspecified atom stereocenters. The molecule has 6 heteroatoms. The van der Waals surface area contributed by atoms with Crippen molar-refractivity contribution >= 4 is 29.3 Å². The van der Waals surface area contributed by atoms with E-state index in [4.69, 9.17) is 0 Å². The number of hydrogen-bond acceptors (Lipinski definition) is 4. The average Bonchev–Trinajstić information content (AvgIpc) is 2.58. The minimum absolute atomic E-state index is 0.0284. The van der Waals surface area contributed by atoms with Crippen LogP contribution in [0.1, 0.15) is 5.56 Å². The number of benzene rings is 1. The summed E-state index contributed by atoms with van der Waals surface area (Å²) in [6.45, 7) is 0.567. The summed E-state index contributed by atoms with van der Waals surface area (Å²) in [5, 5.41) is 0. The van der Waals surface area contributed by atoms with Crippen LogP contribution in [0.4, 0.5) is 5.69 Å². The smallest absolute Gasteiger partial charge is 0.242 e. The third-order valence-electron chi connectivity index (χ3n) is 3.70. The third-order valence-corrected chi connectivity index (χ3v) is 4.74. The second-order valence-electron chi connectivity index (χ2n) is 5.34. The van der Waals surface area contributed by atoms with Gasteiger partial charge in [0.2, 0.25) is 11.8 Å². The molecule has 2 amide bonds. The molecule has 0 aliphatic carbocycles. The zero-order valence-corrected chi connectivity index (χ0v) is 13.6. The highest BCUT2D eigenvalue weighted by atomic mass is 32.2. The lowest BCUT2D eigenvalue weighted by atomic mass is 10.2. The Morgan fingerprint density at radius 3 is 2.78 bits per heavy atom. The van der Waals surface area contributed by atoms with E-state index in [-0.39, 0.29) is 18.4 Å². The maximum Gasteiger partial charge on any atom is 0.242 e. The van der Waals surface area contributed by atoms with Gasteiger partial charge in [-0.2, -0.15) is 0 Å². The van der Waals surface area contributed by atoms with Gasteiger partial charge in [-0.1, -0.05) is 12.1 Å². The zero-order valence-electron chi connectivity index (χ0n) is 12.8. The Morgan fingerprint density at radius 1 is 1.26 bits per heavy atom. The summed E-state index contributed by atoms with van der Waals surface area (Å²) in [6.07, 6.45) is 3.41. The monoisotopic (exact) mass is 327 g/mol. The van der Waals surface area contributed by atoms with Gasteiger partial charge in [0.05, 0.1) is 11.4 Å². The van der Waals surface area contributed by atoms with E-state index in [9.17, 15) is 9.59 Å². The van der Waals surface area contributed by atoms with Crippen molar-refractivity contribution in [3.8, 4) is 0 Å². The zero-order chi connectivity index (χ0) is 16.2. The predicted molar refractivity (Wildman–Crippen MR) is 90.2 cm³/mol. The molecule has 2 heterocycles. The van der Waals surface area contributed by atoms with Crippen LogP contribution in [0.2, 0.25) is 0 Å². The molecule has 0 radical (unpaired) electrons. The number of rotatable bonds is 4. The molecule has 3 rings (SSSR count). The summed E-state index contributed by atoms with van der Waals surface area (Å²) in [6, 6.07) is 11.4. The molecule has 5 nitrogen and oxygen atoms in total. The van der Waals surface area contributed by atoms with E-state index in [2.05, 4.69) is 4.98 Å². The Balaban J connectivity index is 1.71. The molecule has 0 atom stereocenters. The lowest BCUT2D eigenvalue weighted by molar-refractivity contribution is -0.130. The molecular weight excluding hydrogens is 310 g/mol. The van der Waals surface area contributed by atoms with Gasteiger partial charge in [-0.05, 0) is 29.8 Å². The third kappa shape index (κ3) is 3.53. The molecule has 0 spiro atoms. The molecule has 0 saturated carbocycles. The number of para-hydroxylation sites is 1. The molecule has 118 valence electrons. The number of anilines is 1. The lowest BCUT2D eigenvalue weighted by Gasteiger charge is -2.30. The first-order chi connectivity index (χ1) is 11.1. The number of hydrogen-bond donors (Lipinski definition) is 0. The quantitative estimate of drug-likeness (QED) is 0.864. The lowest BCUT2D eigenvalue weighted by Crippen LogP contribution is -2.43. The highest BCUT2D eigenvalue weighted by Crippen LogP contribution is 2.34. The van der Waals surface area contributed by atoms with E-state index in [0.717, 1.165) is 16.1 Å². The van der Waals surface area contributed by atoms with Crippen LogP contribution in [0.3, 0.4) is 0 Å². The Kier molecular flexibility index (Phi) is 4.62. The standard InChI is InChI=1S/C17H17N3O2S/c1-19(10-13-6-8-18-9-7-13)16(21)11-20-14-4-2-3-5-15(14)23-12-17(20)22/h2-9H,10-12H2,1H3. The van der Waals surface area contributed by atoms with Gasteiger partial charge in [-0.15, -0.1) is 11.8 Å². The van der Waals surface area contributed by atoms with Crippen molar-refractivity contribution < 1.29 is 9.59 Å². The highest BCUT2D eigenvalue weighted by Gasteiger charge is 2.27. The van der Waals surface area contributed by atoms with E-state index in [1.54, 1.807) is 29.2 Å². The van der Waals surface area contributed by atoms with Crippen LogP contribution in [0, 0.1) is 0 Å². The topological polar surface area (TPSA) is 53.5 Å². The first kappa shape index (κ1) is 15.6. The average molecular weight is 327 g/mol. The number of likely N-dealkylation sites (N-methyl/N-ethyl adjacent to an activating group) is 1. The molecule has 0 bridgehead atoms. The fourth-order valence-corrected chi connectivity index (χ4v) is 3.37. The summed E-state index contributed by atoms with van der Waals surface area (Å²) in [5.74, 6) is 0.259. The largest absolute Gasteiger partial charge is 0.340 e. The van der Waals surface area contributed by atoms with Gasteiger partial charge in [0, 0.05) is 30.9 Å². The maximum absolute atomic E-state index is 12.5. The normalized spacial score (nSPS) is 13.6. The molecule has 1 aliphatic rings. The van der Waals surface area contributed by atoms with Gasteiger partial charge in [0.15, 0.2) is 0 Å². The first-order valence-corrected chi connectivity index (χ1v) is 8.29. The van der Waals surface area contributed by atoms with Gasteiger partial charge in [0.25, 0.3) is 0 Å². The number of pyridine rings is 1. The number of aromatic nitrogens is 1. The Morgan fingerprint density at radius 2 is 2.00 bits per heavy atom. The van der Waals surface area contributed by atoms with Crippen molar-refractivity contribution in [3.05, 3.63) is 54.4 Å². The molecule has 0 fully saturated rings. The second kappa shape index (κ2) is 6.83. The Hall–Kier alpha value is -2.34. The van der Waals surface area contributed by atoms with Crippen molar-refractivity contribution in [1.82, 2.24) is 9.88 Å². The SMILES string of the molecule is CN(Cc1ccncc1)C(=O)CN1C(=O)CSc2ccccc21. The van der Waals surface area contributed by atoms with Crippen LogP contribution in [0.25, 0.3) is 0 Å². The molecule has 1 aromatic heterocycles. The van der Waals surface area contributed by atoms with Crippen LogP contribution in [-0.4, -0.2) is 41.0 Å². The number of carbonyl (C=O) groups excluding carboxylic acids is 2. The number of fused-ring (bicyclic) bond motifs is 1. The Bertz CT molecular complexity index is 721. The minimum Gasteiger partial charge on any atom is -0.340 e. The second-order valence-corrected chi connectivity index (χ2v) is 6.36. The van der Waals surface area contributed by atoms with Gasteiger partial charge < -0.3 is 9.80 Å². The Labute approximate surface area is 139 Å². The highest BCUT2D eigenvalue weighted by molar-refractivity contribution is 8.00. The van der Waals surface area contributed by atoms with Crippen LogP contribution in [0.15, 0.2) is 53.7 Å². The van der Waals surface area contributed by atoms with Gasteiger partial charge in [0.1, 0.15) is 6.54 Å². The number of thioether (sulfide) groups is 1. The van der Waals surface area contributed by atoms with E-state index < -0.39 is 0 Å². The van der Waals surface area contributed by atoms with E-state index in [1.165, 1.54) is 11.8 Å². The van der Waals surface area contributed by atoms with Gasteiger partial charge >= 0.3 is 0 Å². The van der Waals surface area contributed by atoms with E-state index in [0.29, 0.717) is 12.3 Å². The fraction of sp³-hybridized carbons (Fsp3) is 0.235. The minimum atomic E-state index is -0.0862. The number of nitrogens with zero attached hydrogens (tertiary/aromatic N) is 3. The van der Waals surface area contributed by atoms with Crippen LogP contribution < -0.4 is 4.90 Å². The van der Waals surface area contributed by atoms with Crippen LogP contribution >= 0.6 is 11.8 Å². The summed E-state index contributed by atoms with van der Waals surface area (Å²) >= 11 is 1.52. The molecule has 1 aliphatic heterocycles. The van der Waals surface area contributed by atoms with E-state index in [1.807, 2.05) is 36.4 Å². The first-order valence-electron chi connectivity index (χ1n) is 7.30. The van der Waals surface area contributed by atoms with Gasteiger partial charge in [-0.3, -0.25) is 14.6 Å². The summed E-state index contributed by atoms with van der Waals surface area (Å²) in [5.41, 5.74) is 1.83. The van der Waals surface area contributed by atoms with Crippen LogP contribution in [-0.2, 0) is 16.1 Å². The van der Waals surface area contributed by atoms with E-state index >= 15 is 0 Å². The molecular formula is C17H17N3O2S. The van der Waals surface area contributed by atoms with Crippen molar-refractivity contribution in [1.29, 1.82) is 0 Å². The molecule has 23 heavy (non-hydrogen) atoms. The summed E-state index contributed by atoms with van der Waals surface area (Å²) in [4.78, 5) is 32.9. The summed E-state index contributed by atoms with van der Waals surface area (Å²) in [7, 11) is 1.75. The predicted octanol–water partition coefficient (Wildman–Crippen LogP) is 2.18. The van der Waals surface area contributed by atoms with Crippen molar-refractivity contribution in [3.63, 3.8) is 0 Å². The summed E-state index contributed by atoms with van der Waals surface area (Å²) < 4.78 is 0. The van der Waals surface area contributed by atoms with Gasteiger partial charge in [-0.25, -0.2) is 0 Å². The molecule has 0 N–H and O–H groups in total.